The molecule has 1 aliphatic rings. The summed E-state index contributed by atoms with van der Waals surface area (Å²) < 4.78 is 48.1. The molecule has 1 saturated heterocycles. The van der Waals surface area contributed by atoms with Crippen LogP contribution in [0, 0.1) is 12.7 Å². The number of halogens is 1. The Morgan fingerprint density at radius 1 is 1.09 bits per heavy atom. The van der Waals surface area contributed by atoms with Crippen LogP contribution in [-0.4, -0.2) is 51.1 Å². The fourth-order valence-electron chi connectivity index (χ4n) is 4.33. The van der Waals surface area contributed by atoms with Gasteiger partial charge in [0.1, 0.15) is 11.6 Å². The molecule has 0 spiro atoms. The Kier molecular flexibility index (Phi) is 7.64. The SMILES string of the molecule is COc1ccc(CN2CCC(S(=O)(=O)NCC(=O)c3cc(-c4ccccc4)cc(C)c3F)C2)cc1. The third kappa shape index (κ3) is 5.96. The van der Waals surface area contributed by atoms with Gasteiger partial charge in [-0.1, -0.05) is 42.5 Å². The fraction of sp³-hybridized carbons (Fsp3) is 0.296. The molecule has 4 rings (SSSR count). The van der Waals surface area contributed by atoms with Gasteiger partial charge in [-0.05, 0) is 66.4 Å². The predicted octanol–water partition coefficient (Wildman–Crippen LogP) is 4.19. The van der Waals surface area contributed by atoms with E-state index in [-0.39, 0.29) is 5.56 Å². The van der Waals surface area contributed by atoms with E-state index >= 15 is 0 Å². The van der Waals surface area contributed by atoms with Crippen LogP contribution in [0.15, 0.2) is 66.7 Å². The van der Waals surface area contributed by atoms with Crippen LogP contribution >= 0.6 is 0 Å². The molecule has 0 aromatic heterocycles. The number of Topliss-reactive ketones (excluding diaryl/α,β-unsaturated/α-hetero) is 1. The summed E-state index contributed by atoms with van der Waals surface area (Å²) in [6, 6.07) is 20.2. The molecule has 8 heteroatoms. The fourth-order valence-corrected chi connectivity index (χ4v) is 5.72. The lowest BCUT2D eigenvalue weighted by atomic mass is 9.98. The van der Waals surface area contributed by atoms with E-state index in [1.807, 2.05) is 54.6 Å². The molecule has 1 N–H and O–H groups in total. The summed E-state index contributed by atoms with van der Waals surface area (Å²) in [5, 5.41) is -0.629. The number of hydrogen-bond acceptors (Lipinski definition) is 5. The molecule has 184 valence electrons. The Balaban J connectivity index is 1.39. The molecule has 0 radical (unpaired) electrons. The molecule has 1 atom stereocenters. The third-order valence-electron chi connectivity index (χ3n) is 6.33. The Morgan fingerprint density at radius 2 is 1.80 bits per heavy atom. The molecule has 1 aliphatic heterocycles. The van der Waals surface area contributed by atoms with Gasteiger partial charge < -0.3 is 4.74 Å². The first kappa shape index (κ1) is 25.0. The molecule has 0 bridgehead atoms. The van der Waals surface area contributed by atoms with Crippen LogP contribution in [0.5, 0.6) is 5.75 Å². The van der Waals surface area contributed by atoms with E-state index < -0.39 is 33.4 Å². The second-order valence-electron chi connectivity index (χ2n) is 8.80. The van der Waals surface area contributed by atoms with Gasteiger partial charge in [-0.2, -0.15) is 0 Å². The van der Waals surface area contributed by atoms with Gasteiger partial charge in [-0.25, -0.2) is 17.5 Å². The quantitative estimate of drug-likeness (QED) is 0.450. The molecule has 6 nitrogen and oxygen atoms in total. The zero-order valence-corrected chi connectivity index (χ0v) is 20.6. The number of carbonyl (C=O) groups excluding carboxylic acids is 1. The topological polar surface area (TPSA) is 75.7 Å². The Bertz CT molecular complexity index is 1290. The summed E-state index contributed by atoms with van der Waals surface area (Å²) in [5.74, 6) is -0.453. The molecule has 35 heavy (non-hydrogen) atoms. The van der Waals surface area contributed by atoms with Crippen molar-refractivity contribution in [2.75, 3.05) is 26.7 Å². The summed E-state index contributed by atoms with van der Waals surface area (Å²) in [6.45, 7) is 2.75. The van der Waals surface area contributed by atoms with Crippen molar-refractivity contribution in [3.63, 3.8) is 0 Å². The number of ketones is 1. The highest BCUT2D eigenvalue weighted by molar-refractivity contribution is 7.90. The summed E-state index contributed by atoms with van der Waals surface area (Å²) in [5.41, 5.74) is 2.85. The zero-order chi connectivity index (χ0) is 25.0. The smallest absolute Gasteiger partial charge is 0.216 e. The van der Waals surface area contributed by atoms with Crippen molar-refractivity contribution >= 4 is 15.8 Å². The van der Waals surface area contributed by atoms with E-state index in [0.717, 1.165) is 16.9 Å². The number of hydrogen-bond donors (Lipinski definition) is 1. The maximum absolute atomic E-state index is 14.8. The van der Waals surface area contributed by atoms with E-state index in [9.17, 15) is 17.6 Å². The van der Waals surface area contributed by atoms with Gasteiger partial charge in [0.05, 0.1) is 24.5 Å². The van der Waals surface area contributed by atoms with Crippen LogP contribution in [0.2, 0.25) is 0 Å². The average Bonchev–Trinajstić information content (AvgIpc) is 3.35. The minimum absolute atomic E-state index is 0.112. The number of benzene rings is 3. The van der Waals surface area contributed by atoms with Crippen molar-refractivity contribution in [2.24, 2.45) is 0 Å². The molecular formula is C27H29FN2O4S. The molecule has 3 aromatic rings. The van der Waals surface area contributed by atoms with Gasteiger partial charge in [-0.15, -0.1) is 0 Å². The van der Waals surface area contributed by atoms with Gasteiger partial charge in [-0.3, -0.25) is 9.69 Å². The van der Waals surface area contributed by atoms with Gasteiger partial charge in [0, 0.05) is 13.1 Å². The van der Waals surface area contributed by atoms with Gasteiger partial charge >= 0.3 is 0 Å². The standard InChI is InChI=1S/C27H29FN2O4S/c1-19-14-22(21-6-4-3-5-7-21)15-25(27(19)28)26(31)16-29-35(32,33)24-12-13-30(18-24)17-20-8-10-23(34-2)11-9-20/h3-11,14-15,24,29H,12-13,16-18H2,1-2H3. The molecule has 0 amide bonds. The predicted molar refractivity (Wildman–Crippen MR) is 135 cm³/mol. The Hall–Kier alpha value is -3.07. The minimum Gasteiger partial charge on any atom is -0.497 e. The van der Waals surface area contributed by atoms with E-state index in [1.54, 1.807) is 20.1 Å². The van der Waals surface area contributed by atoms with Gasteiger partial charge in [0.2, 0.25) is 10.0 Å². The normalized spacial score (nSPS) is 16.4. The van der Waals surface area contributed by atoms with Crippen LogP contribution in [0.4, 0.5) is 4.39 Å². The largest absolute Gasteiger partial charge is 0.497 e. The first-order chi connectivity index (χ1) is 16.8. The number of carbonyl (C=O) groups is 1. The highest BCUT2D eigenvalue weighted by Gasteiger charge is 2.33. The monoisotopic (exact) mass is 496 g/mol. The molecule has 1 fully saturated rings. The molecule has 0 saturated carbocycles. The lowest BCUT2D eigenvalue weighted by Gasteiger charge is -2.17. The van der Waals surface area contributed by atoms with Gasteiger partial charge in [0.15, 0.2) is 5.78 Å². The summed E-state index contributed by atoms with van der Waals surface area (Å²) in [4.78, 5) is 14.9. The van der Waals surface area contributed by atoms with Crippen molar-refractivity contribution in [3.8, 4) is 16.9 Å². The van der Waals surface area contributed by atoms with E-state index in [1.165, 1.54) is 6.07 Å². The number of ether oxygens (including phenoxy) is 1. The third-order valence-corrected chi connectivity index (χ3v) is 8.14. The van der Waals surface area contributed by atoms with E-state index in [0.29, 0.717) is 37.2 Å². The van der Waals surface area contributed by atoms with Crippen molar-refractivity contribution in [2.45, 2.75) is 25.1 Å². The number of sulfonamides is 1. The van der Waals surface area contributed by atoms with Crippen LogP contribution in [0.3, 0.4) is 0 Å². The number of likely N-dealkylation sites (tertiary alicyclic amines) is 1. The number of nitrogens with one attached hydrogen (secondary N) is 1. The second-order valence-corrected chi connectivity index (χ2v) is 10.8. The van der Waals surface area contributed by atoms with Crippen LogP contribution in [0.1, 0.15) is 27.9 Å². The summed E-state index contributed by atoms with van der Waals surface area (Å²) >= 11 is 0. The number of aryl methyl sites for hydroxylation is 1. The minimum atomic E-state index is -3.74. The van der Waals surface area contributed by atoms with E-state index in [2.05, 4.69) is 9.62 Å². The first-order valence-electron chi connectivity index (χ1n) is 11.5. The molecule has 1 unspecified atom stereocenters. The molecule has 3 aromatic carbocycles. The van der Waals surface area contributed by atoms with Crippen molar-refractivity contribution in [3.05, 3.63) is 89.2 Å². The number of nitrogens with zero attached hydrogens (tertiary/aromatic N) is 1. The summed E-state index contributed by atoms with van der Waals surface area (Å²) in [7, 11) is -2.13. The lowest BCUT2D eigenvalue weighted by Crippen LogP contribution is -2.39. The maximum Gasteiger partial charge on any atom is 0.216 e. The lowest BCUT2D eigenvalue weighted by molar-refractivity contribution is 0.0993. The maximum atomic E-state index is 14.8. The molecule has 1 heterocycles. The molecule has 0 aliphatic carbocycles. The zero-order valence-electron chi connectivity index (χ0n) is 19.8. The number of methoxy groups -OCH3 is 1. The second kappa shape index (κ2) is 10.7. The van der Waals surface area contributed by atoms with Crippen LogP contribution in [0.25, 0.3) is 11.1 Å². The van der Waals surface area contributed by atoms with E-state index in [4.69, 9.17) is 4.74 Å². The summed E-state index contributed by atoms with van der Waals surface area (Å²) in [6.07, 6.45) is 0.469. The average molecular weight is 497 g/mol. The first-order valence-corrected chi connectivity index (χ1v) is 13.0. The Labute approximate surface area is 205 Å². The van der Waals surface area contributed by atoms with Crippen LogP contribution in [-0.2, 0) is 16.6 Å². The Morgan fingerprint density at radius 3 is 2.49 bits per heavy atom. The van der Waals surface area contributed by atoms with Crippen molar-refractivity contribution < 1.29 is 22.3 Å². The van der Waals surface area contributed by atoms with Gasteiger partial charge in [0.25, 0.3) is 0 Å². The highest BCUT2D eigenvalue weighted by Crippen LogP contribution is 2.25. The van der Waals surface area contributed by atoms with Crippen LogP contribution < -0.4 is 9.46 Å². The number of rotatable bonds is 9. The highest BCUT2D eigenvalue weighted by atomic mass is 32.2. The van der Waals surface area contributed by atoms with Crippen molar-refractivity contribution in [1.29, 1.82) is 0 Å². The van der Waals surface area contributed by atoms with Crippen molar-refractivity contribution in [1.82, 2.24) is 9.62 Å². The molecular weight excluding hydrogens is 467 g/mol.